The van der Waals surface area contributed by atoms with Crippen LogP contribution in [-0.2, 0) is 14.3 Å². The number of aryl methyl sites for hydroxylation is 1. The highest BCUT2D eigenvalue weighted by Gasteiger charge is 2.35. The molecule has 0 spiro atoms. The van der Waals surface area contributed by atoms with Gasteiger partial charge in [-0.15, -0.1) is 0 Å². The van der Waals surface area contributed by atoms with Crippen LogP contribution in [0.2, 0.25) is 0 Å². The minimum Gasteiger partial charge on any atom is -0.444 e. The van der Waals surface area contributed by atoms with E-state index >= 15 is 0 Å². The average molecular weight is 522 g/mol. The van der Waals surface area contributed by atoms with Gasteiger partial charge in [-0.25, -0.2) is 4.79 Å². The molecule has 1 rings (SSSR count). The van der Waals surface area contributed by atoms with Gasteiger partial charge in [-0.05, 0) is 53.5 Å². The highest BCUT2D eigenvalue weighted by atomic mass is 32.1. The predicted octanol–water partition coefficient (Wildman–Crippen LogP) is 5.57. The zero-order valence-corrected chi connectivity index (χ0v) is 24.1. The lowest BCUT2D eigenvalue weighted by Gasteiger charge is -2.34. The molecule has 0 heterocycles. The molecule has 7 nitrogen and oxygen atoms in total. The number of nitrogens with one attached hydrogen (secondary N) is 2. The summed E-state index contributed by atoms with van der Waals surface area (Å²) < 4.78 is 5.36. The Bertz CT molecular complexity index is 821. The van der Waals surface area contributed by atoms with Crippen molar-refractivity contribution in [3.8, 4) is 0 Å². The standard InChI is InChI=1S/C28H47N3O4S/c1-8-9-10-11-12-13-18-31(26(33)23(19-36)30-27(34)35-28(5,6)7)24(25(32)29-20(2)3)22-16-14-21(4)15-17-22/h14-17,20,23-24,36H,8-13,18-19H2,1-7H3,(H,29,32)(H,30,34). The third-order valence-corrected chi connectivity index (χ3v) is 5.96. The van der Waals surface area contributed by atoms with Crippen LogP contribution >= 0.6 is 12.6 Å². The maximum atomic E-state index is 13.8. The van der Waals surface area contributed by atoms with Crippen molar-refractivity contribution < 1.29 is 19.1 Å². The summed E-state index contributed by atoms with van der Waals surface area (Å²) in [6.45, 7) is 13.6. The van der Waals surface area contributed by atoms with Crippen LogP contribution in [0, 0.1) is 6.92 Å². The topological polar surface area (TPSA) is 87.7 Å². The molecule has 0 fully saturated rings. The van der Waals surface area contributed by atoms with Crippen molar-refractivity contribution in [1.82, 2.24) is 15.5 Å². The summed E-state index contributed by atoms with van der Waals surface area (Å²) in [6.07, 6.45) is 5.62. The lowest BCUT2D eigenvalue weighted by Crippen LogP contribution is -2.54. The number of nitrogens with zero attached hydrogens (tertiary/aromatic N) is 1. The molecule has 204 valence electrons. The molecule has 3 amide bonds. The van der Waals surface area contributed by atoms with Crippen LogP contribution in [0.25, 0.3) is 0 Å². The summed E-state index contributed by atoms with van der Waals surface area (Å²) in [6, 6.07) is 5.82. The van der Waals surface area contributed by atoms with E-state index in [0.29, 0.717) is 6.54 Å². The number of rotatable bonds is 14. The number of benzene rings is 1. The summed E-state index contributed by atoms with van der Waals surface area (Å²) in [5, 5.41) is 5.63. The number of carbonyl (C=O) groups excluding carboxylic acids is 3. The van der Waals surface area contributed by atoms with Gasteiger partial charge in [-0.3, -0.25) is 9.59 Å². The van der Waals surface area contributed by atoms with Gasteiger partial charge in [0.25, 0.3) is 0 Å². The normalized spacial score (nSPS) is 13.1. The molecule has 2 N–H and O–H groups in total. The van der Waals surface area contributed by atoms with Gasteiger partial charge in [0.2, 0.25) is 11.8 Å². The van der Waals surface area contributed by atoms with Crippen LogP contribution < -0.4 is 10.6 Å². The van der Waals surface area contributed by atoms with Crippen LogP contribution in [0.15, 0.2) is 24.3 Å². The fraction of sp³-hybridized carbons (Fsp3) is 0.679. The van der Waals surface area contributed by atoms with Crippen molar-refractivity contribution in [2.75, 3.05) is 12.3 Å². The number of hydrogen-bond acceptors (Lipinski definition) is 5. The Labute approximate surface area is 223 Å². The monoisotopic (exact) mass is 521 g/mol. The van der Waals surface area contributed by atoms with Crippen molar-refractivity contribution in [1.29, 1.82) is 0 Å². The van der Waals surface area contributed by atoms with E-state index in [-0.39, 0.29) is 23.6 Å². The highest BCUT2D eigenvalue weighted by molar-refractivity contribution is 7.80. The second-order valence-electron chi connectivity index (χ2n) is 10.7. The van der Waals surface area contributed by atoms with E-state index < -0.39 is 23.8 Å². The first-order valence-electron chi connectivity index (χ1n) is 13.2. The van der Waals surface area contributed by atoms with Crippen molar-refractivity contribution in [3.63, 3.8) is 0 Å². The first-order valence-corrected chi connectivity index (χ1v) is 13.8. The second-order valence-corrected chi connectivity index (χ2v) is 11.0. The first kappa shape index (κ1) is 31.8. The number of ether oxygens (including phenoxy) is 1. The summed E-state index contributed by atoms with van der Waals surface area (Å²) in [7, 11) is 0. The van der Waals surface area contributed by atoms with Crippen molar-refractivity contribution >= 4 is 30.5 Å². The number of amides is 3. The summed E-state index contributed by atoms with van der Waals surface area (Å²) in [4.78, 5) is 41.3. The molecule has 1 aromatic rings. The Hall–Kier alpha value is -2.22. The van der Waals surface area contributed by atoms with Crippen LogP contribution in [0.3, 0.4) is 0 Å². The Morgan fingerprint density at radius 1 is 0.972 bits per heavy atom. The van der Waals surface area contributed by atoms with Crippen molar-refractivity contribution in [2.45, 2.75) is 111 Å². The molecule has 0 saturated heterocycles. The van der Waals surface area contributed by atoms with E-state index in [1.54, 1.807) is 25.7 Å². The molecule has 1 aromatic carbocycles. The fourth-order valence-corrected chi connectivity index (χ4v) is 4.10. The minimum absolute atomic E-state index is 0.0808. The largest absolute Gasteiger partial charge is 0.444 e. The van der Waals surface area contributed by atoms with Gasteiger partial charge in [0.05, 0.1) is 0 Å². The molecule has 0 saturated carbocycles. The Morgan fingerprint density at radius 3 is 2.08 bits per heavy atom. The van der Waals surface area contributed by atoms with E-state index in [0.717, 1.165) is 43.2 Å². The van der Waals surface area contributed by atoms with Crippen LogP contribution in [0.4, 0.5) is 4.79 Å². The summed E-state index contributed by atoms with van der Waals surface area (Å²) in [5.41, 5.74) is 1.09. The van der Waals surface area contributed by atoms with Crippen LogP contribution in [-0.4, -0.2) is 52.8 Å². The van der Waals surface area contributed by atoms with Gasteiger partial charge in [0, 0.05) is 18.3 Å². The second kappa shape index (κ2) is 15.8. The van der Waals surface area contributed by atoms with Crippen molar-refractivity contribution in [2.24, 2.45) is 0 Å². The Kier molecular flexibility index (Phi) is 14.0. The SMILES string of the molecule is CCCCCCCCN(C(=O)C(CS)NC(=O)OC(C)(C)C)C(C(=O)NC(C)C)c1ccc(C)cc1. The fourth-order valence-electron chi connectivity index (χ4n) is 3.85. The molecule has 8 heteroatoms. The molecule has 0 aliphatic carbocycles. The zero-order chi connectivity index (χ0) is 27.3. The predicted molar refractivity (Wildman–Crippen MR) is 149 cm³/mol. The van der Waals surface area contributed by atoms with Gasteiger partial charge in [0.1, 0.15) is 17.7 Å². The molecular formula is C28H47N3O4S. The molecular weight excluding hydrogens is 474 g/mol. The lowest BCUT2D eigenvalue weighted by molar-refractivity contribution is -0.142. The molecule has 0 aliphatic rings. The van der Waals surface area contributed by atoms with E-state index in [9.17, 15) is 14.4 Å². The molecule has 36 heavy (non-hydrogen) atoms. The number of alkyl carbamates (subject to hydrolysis) is 1. The number of hydrogen-bond donors (Lipinski definition) is 3. The van der Waals surface area contributed by atoms with E-state index in [2.05, 4.69) is 30.2 Å². The molecule has 0 radical (unpaired) electrons. The van der Waals surface area contributed by atoms with Crippen LogP contribution in [0.5, 0.6) is 0 Å². The third-order valence-electron chi connectivity index (χ3n) is 5.59. The van der Waals surface area contributed by atoms with Gasteiger partial charge >= 0.3 is 6.09 Å². The minimum atomic E-state index is -0.928. The molecule has 0 aliphatic heterocycles. The van der Waals surface area contributed by atoms with E-state index in [1.807, 2.05) is 45.0 Å². The number of thiol groups is 1. The average Bonchev–Trinajstić information content (AvgIpc) is 2.77. The first-order chi connectivity index (χ1) is 16.9. The smallest absolute Gasteiger partial charge is 0.408 e. The summed E-state index contributed by atoms with van der Waals surface area (Å²) >= 11 is 4.34. The van der Waals surface area contributed by atoms with E-state index in [1.165, 1.54) is 6.42 Å². The Morgan fingerprint density at radius 2 is 1.56 bits per heavy atom. The highest BCUT2D eigenvalue weighted by Crippen LogP contribution is 2.25. The quantitative estimate of drug-likeness (QED) is 0.221. The summed E-state index contributed by atoms with van der Waals surface area (Å²) in [5.74, 6) is -0.519. The molecule has 2 atom stereocenters. The van der Waals surface area contributed by atoms with Crippen LogP contribution in [0.1, 0.15) is 97.2 Å². The van der Waals surface area contributed by atoms with Crippen molar-refractivity contribution in [3.05, 3.63) is 35.4 Å². The number of carbonyl (C=O) groups is 3. The third kappa shape index (κ3) is 11.7. The maximum Gasteiger partial charge on any atom is 0.408 e. The number of unbranched alkanes of at least 4 members (excludes halogenated alkanes) is 5. The molecule has 0 bridgehead atoms. The molecule has 0 aromatic heterocycles. The zero-order valence-electron chi connectivity index (χ0n) is 23.2. The van der Waals surface area contributed by atoms with Gasteiger partial charge in [-0.2, -0.15) is 12.6 Å². The maximum absolute atomic E-state index is 13.8. The van der Waals surface area contributed by atoms with E-state index in [4.69, 9.17) is 4.74 Å². The van der Waals surface area contributed by atoms with Gasteiger partial charge in [-0.1, -0.05) is 68.9 Å². The molecule has 2 unspecified atom stereocenters. The van der Waals surface area contributed by atoms with Gasteiger partial charge < -0.3 is 20.3 Å². The lowest BCUT2D eigenvalue weighted by atomic mass is 10.0. The van der Waals surface area contributed by atoms with Gasteiger partial charge in [0.15, 0.2) is 0 Å². The Balaban J connectivity index is 3.28.